The van der Waals surface area contributed by atoms with E-state index in [-0.39, 0.29) is 61.0 Å². The number of aliphatic hydroxyl groups excluding tert-OH is 2. The van der Waals surface area contributed by atoms with Crippen molar-refractivity contribution in [3.8, 4) is 34.3 Å². The lowest BCUT2D eigenvalue weighted by atomic mass is 9.93. The predicted molar refractivity (Wildman–Crippen MR) is 265 cm³/mol. The predicted octanol–water partition coefficient (Wildman–Crippen LogP) is 3.85. The van der Waals surface area contributed by atoms with Crippen molar-refractivity contribution in [1.82, 2.24) is 49.3 Å². The molecule has 6 heterocycles. The molecule has 2 aromatic carbocycles. The molecule has 2 amide bonds. The van der Waals surface area contributed by atoms with Crippen LogP contribution in [-0.2, 0) is 38.8 Å². The summed E-state index contributed by atoms with van der Waals surface area (Å²) in [5.74, 6) is -2.14. The fourth-order valence-electron chi connectivity index (χ4n) is 9.56. The van der Waals surface area contributed by atoms with Crippen molar-refractivity contribution >= 4 is 46.5 Å². The van der Waals surface area contributed by atoms with E-state index < -0.39 is 36.0 Å². The Morgan fingerprint density at radius 1 is 0.605 bits per heavy atom. The van der Waals surface area contributed by atoms with E-state index in [1.165, 1.54) is 21.5 Å². The van der Waals surface area contributed by atoms with Crippen molar-refractivity contribution in [2.75, 3.05) is 100 Å². The van der Waals surface area contributed by atoms with Gasteiger partial charge in [-0.05, 0) is 87.3 Å². The summed E-state index contributed by atoms with van der Waals surface area (Å²) >= 11 is 0. The molecule has 0 spiro atoms. The van der Waals surface area contributed by atoms with Gasteiger partial charge in [0.2, 0.25) is 11.9 Å². The maximum Gasteiger partial charge on any atom is 0.573 e. The van der Waals surface area contributed by atoms with E-state index in [1.807, 2.05) is 14.1 Å². The van der Waals surface area contributed by atoms with Crippen molar-refractivity contribution in [3.63, 3.8) is 0 Å². The molecule has 6 aromatic rings. The second-order valence-corrected chi connectivity index (χ2v) is 18.4. The average molecular weight is 1070 g/mol. The minimum absolute atomic E-state index is 0.0384. The number of primary amides is 2. The van der Waals surface area contributed by atoms with Crippen LogP contribution in [0.15, 0.2) is 48.8 Å². The minimum Gasteiger partial charge on any atom is -0.404 e. The van der Waals surface area contributed by atoms with Crippen LogP contribution in [0.3, 0.4) is 0 Å². The van der Waals surface area contributed by atoms with E-state index in [4.69, 9.17) is 11.5 Å². The molecule has 28 heteroatoms. The zero-order chi connectivity index (χ0) is 54.1. The molecule has 22 nitrogen and oxygen atoms in total. The number of carbonyl (C=O) groups is 2. The van der Waals surface area contributed by atoms with Crippen LogP contribution in [0.1, 0.15) is 43.2 Å². The lowest BCUT2D eigenvalue weighted by molar-refractivity contribution is -0.275. The molecule has 8 N–H and O–H groups in total. The van der Waals surface area contributed by atoms with Gasteiger partial charge in [-0.1, -0.05) is 0 Å². The summed E-state index contributed by atoms with van der Waals surface area (Å²) in [6, 6.07) is 8.90. The number of benzene rings is 2. The number of rotatable bonds is 14. The molecule has 0 radical (unpaired) electrons. The van der Waals surface area contributed by atoms with E-state index in [0.29, 0.717) is 59.6 Å². The Kier molecular flexibility index (Phi) is 15.2. The summed E-state index contributed by atoms with van der Waals surface area (Å²) in [5.41, 5.74) is 17.6. The van der Waals surface area contributed by atoms with E-state index in [1.54, 1.807) is 36.7 Å². The van der Waals surface area contributed by atoms with E-state index >= 15 is 0 Å². The molecule has 2 aliphatic heterocycles. The number of aliphatic hydroxyl groups is 2. The Morgan fingerprint density at radius 3 is 1.33 bits per heavy atom. The molecular weight excluding hydrogens is 1010 g/mol. The van der Waals surface area contributed by atoms with Crippen molar-refractivity contribution in [2.24, 2.45) is 11.5 Å². The highest BCUT2D eigenvalue weighted by atomic mass is 19.4. The number of anilines is 6. The van der Waals surface area contributed by atoms with Gasteiger partial charge in [-0.25, -0.2) is 19.9 Å². The second-order valence-electron chi connectivity index (χ2n) is 18.4. The first kappa shape index (κ1) is 53.0. The Balaban J connectivity index is 0.000000186. The first-order valence-electron chi connectivity index (χ1n) is 24.2. The first-order chi connectivity index (χ1) is 36.2. The maximum absolute atomic E-state index is 13.2. The van der Waals surface area contributed by atoms with Crippen LogP contribution < -0.4 is 41.4 Å². The lowest BCUT2D eigenvalue weighted by Crippen LogP contribution is -2.44. The van der Waals surface area contributed by atoms with Gasteiger partial charge in [-0.15, -0.1) is 26.3 Å². The SMILES string of the molecule is CN1CCN(c2ccc(OC(F)(F)F)c(Nc3ncc4c(n3)-c3c(c(C(N)=O)nn3CCO)CC4)c2)CC1.CN1CCN(c2ccc(OC(F)(F)F)c(Nc3ncc4c(n3)-c3c(c(C(N)=O)nn3CCO)CC4)c2)CC1. The number of aryl methyl sites for hydroxylation is 2. The van der Waals surface area contributed by atoms with E-state index in [2.05, 4.69) is 69.8 Å². The Labute approximate surface area is 430 Å². The molecule has 2 aliphatic carbocycles. The molecule has 2 fully saturated rings. The van der Waals surface area contributed by atoms with Gasteiger partial charge in [0.25, 0.3) is 11.8 Å². The number of amides is 2. The Morgan fingerprint density at radius 2 is 0.987 bits per heavy atom. The van der Waals surface area contributed by atoms with Crippen molar-refractivity contribution in [1.29, 1.82) is 0 Å². The van der Waals surface area contributed by atoms with Crippen molar-refractivity contribution < 1.29 is 55.6 Å². The Hall–Kier alpha value is -7.82. The lowest BCUT2D eigenvalue weighted by Gasteiger charge is -2.34. The van der Waals surface area contributed by atoms with E-state index in [0.717, 1.165) is 74.9 Å². The average Bonchev–Trinajstić information content (AvgIpc) is 4.01. The third kappa shape index (κ3) is 11.8. The molecule has 4 aromatic heterocycles. The molecule has 2 saturated heterocycles. The number of nitrogens with one attached hydrogen (secondary N) is 2. The number of hydrogen-bond acceptors (Lipinski definition) is 18. The number of halogens is 6. The number of nitrogens with zero attached hydrogens (tertiary/aromatic N) is 12. The number of likely N-dealkylation sites (N-methyl/N-ethyl adjacent to an activating group) is 2. The van der Waals surface area contributed by atoms with Crippen molar-refractivity contribution in [3.05, 3.63) is 82.4 Å². The number of aromatic nitrogens is 8. The van der Waals surface area contributed by atoms with Crippen LogP contribution in [0.4, 0.5) is 61.0 Å². The highest BCUT2D eigenvalue weighted by Gasteiger charge is 2.35. The summed E-state index contributed by atoms with van der Waals surface area (Å²) in [5, 5.41) is 33.3. The largest absolute Gasteiger partial charge is 0.573 e. The summed E-state index contributed by atoms with van der Waals surface area (Å²) in [7, 11) is 4.03. The van der Waals surface area contributed by atoms with Gasteiger partial charge in [-0.2, -0.15) is 10.2 Å². The van der Waals surface area contributed by atoms with Gasteiger partial charge in [0, 0.05) is 87.3 Å². The molecule has 0 unspecified atom stereocenters. The third-order valence-electron chi connectivity index (χ3n) is 13.3. The molecule has 0 bridgehead atoms. The number of nitrogens with two attached hydrogens (primary N) is 2. The summed E-state index contributed by atoms with van der Waals surface area (Å²) in [4.78, 5) is 50.3. The van der Waals surface area contributed by atoms with Gasteiger partial charge in [0.15, 0.2) is 22.9 Å². The van der Waals surface area contributed by atoms with Gasteiger partial charge >= 0.3 is 12.7 Å². The van der Waals surface area contributed by atoms with Crippen LogP contribution in [0.25, 0.3) is 22.8 Å². The monoisotopic (exact) mass is 1060 g/mol. The van der Waals surface area contributed by atoms with Crippen LogP contribution in [0, 0.1) is 0 Å². The summed E-state index contributed by atoms with van der Waals surface area (Å²) < 4.78 is 90.5. The third-order valence-corrected chi connectivity index (χ3v) is 13.3. The maximum atomic E-state index is 13.2. The summed E-state index contributed by atoms with van der Waals surface area (Å²) in [6.45, 7) is 5.98. The fourth-order valence-corrected chi connectivity index (χ4v) is 9.56. The first-order valence-corrected chi connectivity index (χ1v) is 24.2. The second kappa shape index (κ2) is 21.8. The van der Waals surface area contributed by atoms with Crippen LogP contribution in [0.5, 0.6) is 11.5 Å². The number of alkyl halides is 6. The van der Waals surface area contributed by atoms with Gasteiger partial charge in [0.1, 0.15) is 0 Å². The normalized spacial score (nSPS) is 15.7. The van der Waals surface area contributed by atoms with Crippen molar-refractivity contribution in [2.45, 2.75) is 51.5 Å². The molecule has 0 atom stereocenters. The number of piperazine rings is 2. The van der Waals surface area contributed by atoms with Gasteiger partial charge in [0.05, 0.1) is 60.5 Å². The fraction of sp³-hybridized carbons (Fsp3) is 0.417. The minimum atomic E-state index is -4.89. The van der Waals surface area contributed by atoms with Crippen LogP contribution in [-0.4, -0.2) is 164 Å². The van der Waals surface area contributed by atoms with E-state index in [9.17, 15) is 46.1 Å². The highest BCUT2D eigenvalue weighted by Crippen LogP contribution is 2.40. The van der Waals surface area contributed by atoms with Gasteiger partial charge in [-0.3, -0.25) is 19.0 Å². The number of ether oxygens (including phenoxy) is 2. The quantitative estimate of drug-likeness (QED) is 0.0846. The topological polar surface area (TPSA) is 269 Å². The number of fused-ring (bicyclic) bond motifs is 6. The molecule has 4 aliphatic rings. The molecule has 10 rings (SSSR count). The highest BCUT2D eigenvalue weighted by molar-refractivity contribution is 5.95. The number of hydrogen-bond donors (Lipinski definition) is 6. The molecular formula is C48H54F6N16O6. The zero-order valence-electron chi connectivity index (χ0n) is 41.2. The van der Waals surface area contributed by atoms with Crippen LogP contribution >= 0.6 is 0 Å². The zero-order valence-corrected chi connectivity index (χ0v) is 41.2. The molecule has 76 heavy (non-hydrogen) atoms. The standard InChI is InChI=1S/2C24H27F3N8O3/c2*1-33-6-8-34(9-7-33)15-3-5-18(38-24(25,26)27)17(12-15)30-23-29-13-14-2-4-16-20(22(28)37)32-35(10-11-36)21(16)19(14)31-23/h2*3,5,12-13,36H,2,4,6-11H2,1H3,(H2,28,37)(H,29,30,31). The number of carbonyl (C=O) groups excluding carboxylic acids is 2. The molecule has 0 saturated carbocycles. The Bertz CT molecular complexity index is 2910. The van der Waals surface area contributed by atoms with Crippen LogP contribution in [0.2, 0.25) is 0 Å². The smallest absolute Gasteiger partial charge is 0.404 e. The van der Waals surface area contributed by atoms with Gasteiger partial charge < -0.3 is 61.4 Å². The molecule has 404 valence electrons. The summed E-state index contributed by atoms with van der Waals surface area (Å²) in [6.07, 6.45) is -4.59.